The number of hydrogen-bond donors (Lipinski definition) is 2. The summed E-state index contributed by atoms with van der Waals surface area (Å²) in [5.74, 6) is 1.39. The Labute approximate surface area is 122 Å². The molecule has 0 fully saturated rings. The van der Waals surface area contributed by atoms with Crippen LogP contribution >= 0.6 is 11.8 Å². The van der Waals surface area contributed by atoms with Crippen molar-refractivity contribution >= 4 is 23.2 Å². The van der Waals surface area contributed by atoms with E-state index in [2.05, 4.69) is 40.6 Å². The Bertz CT molecular complexity index is 635. The van der Waals surface area contributed by atoms with Crippen LogP contribution in [0.3, 0.4) is 0 Å². The summed E-state index contributed by atoms with van der Waals surface area (Å²) in [6.07, 6.45) is 4.34. The minimum Gasteiger partial charge on any atom is -0.369 e. The molecule has 2 N–H and O–H groups in total. The van der Waals surface area contributed by atoms with E-state index < -0.39 is 0 Å². The van der Waals surface area contributed by atoms with Crippen LogP contribution in [0.4, 0.5) is 5.82 Å². The predicted molar refractivity (Wildman–Crippen MR) is 83.7 cm³/mol. The molecule has 2 rings (SSSR count). The van der Waals surface area contributed by atoms with Gasteiger partial charge < -0.3 is 5.32 Å². The van der Waals surface area contributed by atoms with Gasteiger partial charge in [0.15, 0.2) is 5.65 Å². The zero-order valence-corrected chi connectivity index (χ0v) is 13.2. The molecule has 0 saturated carbocycles. The fourth-order valence-electron chi connectivity index (χ4n) is 2.30. The highest BCUT2D eigenvalue weighted by atomic mass is 32.2. The van der Waals surface area contributed by atoms with Gasteiger partial charge >= 0.3 is 5.69 Å². The third kappa shape index (κ3) is 2.67. The van der Waals surface area contributed by atoms with Gasteiger partial charge in [-0.25, -0.2) is 19.3 Å². The molecule has 0 radical (unpaired) electrons. The molecule has 2 aromatic heterocycles. The van der Waals surface area contributed by atoms with Crippen LogP contribution in [0.2, 0.25) is 0 Å². The van der Waals surface area contributed by atoms with Gasteiger partial charge in [0, 0.05) is 17.4 Å². The van der Waals surface area contributed by atoms with Crippen molar-refractivity contribution < 1.29 is 0 Å². The molecule has 0 aliphatic heterocycles. The van der Waals surface area contributed by atoms with Gasteiger partial charge in [-0.1, -0.05) is 13.8 Å². The second-order valence-corrected chi connectivity index (χ2v) is 6.13. The Morgan fingerprint density at radius 2 is 2.15 bits per heavy atom. The van der Waals surface area contributed by atoms with Crippen LogP contribution in [-0.2, 0) is 0 Å². The fourth-order valence-corrected chi connectivity index (χ4v) is 3.09. The lowest BCUT2D eigenvalue weighted by Gasteiger charge is -2.30. The molecule has 0 spiro atoms. The molecule has 2 heterocycles. The van der Waals surface area contributed by atoms with Crippen LogP contribution < -0.4 is 11.0 Å². The normalized spacial score (nSPS) is 12.0. The number of thioether (sulfide) groups is 1. The number of fused-ring (bicyclic) bond motifs is 1. The van der Waals surface area contributed by atoms with Gasteiger partial charge in [-0.3, -0.25) is 0 Å². The van der Waals surface area contributed by atoms with Crippen LogP contribution in [-0.4, -0.2) is 37.1 Å². The van der Waals surface area contributed by atoms with E-state index >= 15 is 0 Å². The lowest BCUT2D eigenvalue weighted by molar-refractivity contribution is 0.573. The first-order chi connectivity index (χ1) is 9.55. The van der Waals surface area contributed by atoms with Crippen LogP contribution in [0.25, 0.3) is 5.65 Å². The van der Waals surface area contributed by atoms with E-state index in [-0.39, 0.29) is 10.4 Å². The predicted octanol–water partition coefficient (Wildman–Crippen LogP) is 2.06. The second kappa shape index (κ2) is 5.87. The van der Waals surface area contributed by atoms with Gasteiger partial charge in [0.2, 0.25) is 0 Å². The summed E-state index contributed by atoms with van der Waals surface area (Å²) in [5, 5.41) is 9.80. The molecule has 0 bridgehead atoms. The molecule has 0 atom stereocenters. The number of nitrogens with zero attached hydrogens (tertiary/aromatic N) is 3. The van der Waals surface area contributed by atoms with Crippen molar-refractivity contribution in [3.05, 3.63) is 22.4 Å². The van der Waals surface area contributed by atoms with Gasteiger partial charge in [-0.2, -0.15) is 16.9 Å². The van der Waals surface area contributed by atoms with Crippen molar-refractivity contribution in [1.82, 2.24) is 19.6 Å². The van der Waals surface area contributed by atoms with Crippen molar-refractivity contribution in [2.75, 3.05) is 18.1 Å². The number of rotatable bonds is 6. The average molecular weight is 295 g/mol. The zero-order valence-electron chi connectivity index (χ0n) is 12.4. The molecule has 0 unspecified atom stereocenters. The summed E-state index contributed by atoms with van der Waals surface area (Å²) < 4.78 is 1.68. The maximum atomic E-state index is 11.5. The maximum Gasteiger partial charge on any atom is 0.349 e. The number of aryl methyl sites for hydroxylation is 1. The number of H-pyrrole nitrogens is 1. The van der Waals surface area contributed by atoms with E-state index in [1.807, 2.05) is 11.8 Å². The topological polar surface area (TPSA) is 75.1 Å². The summed E-state index contributed by atoms with van der Waals surface area (Å²) in [7, 11) is 0. The minimum atomic E-state index is -0.253. The van der Waals surface area contributed by atoms with Crippen molar-refractivity contribution in [2.24, 2.45) is 0 Å². The maximum absolute atomic E-state index is 11.5. The number of aromatic amines is 1. The molecule has 0 saturated heterocycles. The third-order valence-electron chi connectivity index (χ3n) is 3.88. The monoisotopic (exact) mass is 295 g/mol. The molecule has 7 heteroatoms. The van der Waals surface area contributed by atoms with Crippen molar-refractivity contribution in [3.63, 3.8) is 0 Å². The van der Waals surface area contributed by atoms with Crippen LogP contribution in [0.15, 0.2) is 10.9 Å². The smallest absolute Gasteiger partial charge is 0.349 e. The first kappa shape index (κ1) is 14.9. The summed E-state index contributed by atoms with van der Waals surface area (Å²) >= 11 is 1.88. The number of nitrogens with one attached hydrogen (secondary N) is 2. The summed E-state index contributed by atoms with van der Waals surface area (Å²) in [4.78, 5) is 16.0. The molecule has 0 aromatic carbocycles. The van der Waals surface area contributed by atoms with Gasteiger partial charge in [0.05, 0.1) is 0 Å². The molecule has 0 amide bonds. The standard InChI is InChI=1S/C13H21N5OS/c1-5-13(6-2,20-4)8-14-10-7-11-16-17-12(19)18(11)9(3)15-10/h7,14H,5-6,8H2,1-4H3,(H,17,19). The van der Waals surface area contributed by atoms with Crippen molar-refractivity contribution in [1.29, 1.82) is 0 Å². The summed E-state index contributed by atoms with van der Waals surface area (Å²) in [6, 6.07) is 1.79. The molecule has 0 aliphatic rings. The van der Waals surface area contributed by atoms with Gasteiger partial charge in [-0.15, -0.1) is 0 Å². The largest absolute Gasteiger partial charge is 0.369 e. The fraction of sp³-hybridized carbons (Fsp3) is 0.615. The Kier molecular flexibility index (Phi) is 4.37. The molecular formula is C13H21N5OS. The van der Waals surface area contributed by atoms with Gasteiger partial charge in [0.25, 0.3) is 0 Å². The van der Waals surface area contributed by atoms with E-state index in [1.54, 1.807) is 13.0 Å². The molecule has 20 heavy (non-hydrogen) atoms. The average Bonchev–Trinajstić information content (AvgIpc) is 2.83. The highest BCUT2D eigenvalue weighted by Crippen LogP contribution is 2.30. The molecule has 110 valence electrons. The minimum absolute atomic E-state index is 0.215. The lowest BCUT2D eigenvalue weighted by atomic mass is 10.0. The molecular weight excluding hydrogens is 274 g/mol. The first-order valence-corrected chi connectivity index (χ1v) is 8.01. The summed E-state index contributed by atoms with van der Waals surface area (Å²) in [5.41, 5.74) is 0.338. The Balaban J connectivity index is 2.24. The van der Waals surface area contributed by atoms with Crippen LogP contribution in [0, 0.1) is 6.92 Å². The van der Waals surface area contributed by atoms with E-state index in [9.17, 15) is 4.79 Å². The molecule has 0 aliphatic carbocycles. The van der Waals surface area contributed by atoms with E-state index in [0.717, 1.165) is 25.2 Å². The number of anilines is 1. The highest BCUT2D eigenvalue weighted by Gasteiger charge is 2.24. The summed E-state index contributed by atoms with van der Waals surface area (Å²) in [6.45, 7) is 7.06. The van der Waals surface area contributed by atoms with Crippen molar-refractivity contribution in [2.45, 2.75) is 38.4 Å². The van der Waals surface area contributed by atoms with Crippen LogP contribution in [0.1, 0.15) is 32.5 Å². The van der Waals surface area contributed by atoms with Crippen molar-refractivity contribution in [3.8, 4) is 0 Å². The second-order valence-electron chi connectivity index (χ2n) is 4.86. The third-order valence-corrected chi connectivity index (χ3v) is 5.47. The molecule has 6 nitrogen and oxygen atoms in total. The van der Waals surface area contributed by atoms with E-state index in [1.165, 1.54) is 4.40 Å². The zero-order chi connectivity index (χ0) is 14.8. The number of hydrogen-bond acceptors (Lipinski definition) is 5. The molecule has 2 aromatic rings. The quantitative estimate of drug-likeness (QED) is 0.853. The highest BCUT2D eigenvalue weighted by molar-refractivity contribution is 8.00. The van der Waals surface area contributed by atoms with Gasteiger partial charge in [0.1, 0.15) is 11.6 Å². The van der Waals surface area contributed by atoms with E-state index in [4.69, 9.17) is 0 Å². The van der Waals surface area contributed by atoms with Crippen LogP contribution in [0.5, 0.6) is 0 Å². The first-order valence-electron chi connectivity index (χ1n) is 6.79. The van der Waals surface area contributed by atoms with Gasteiger partial charge in [-0.05, 0) is 26.0 Å². The Hall–Kier alpha value is -1.50. The van der Waals surface area contributed by atoms with E-state index in [0.29, 0.717) is 11.5 Å². The SMILES string of the molecule is CCC(CC)(CNc1cc2n[nH]c(=O)n2c(C)n1)SC. The lowest BCUT2D eigenvalue weighted by Crippen LogP contribution is -2.32. The Morgan fingerprint density at radius 3 is 2.75 bits per heavy atom. The number of aromatic nitrogens is 4. The Morgan fingerprint density at radius 1 is 1.45 bits per heavy atom.